The zero-order valence-electron chi connectivity index (χ0n) is 5.25. The summed E-state index contributed by atoms with van der Waals surface area (Å²) in [4.78, 5) is 0. The van der Waals surface area contributed by atoms with Gasteiger partial charge in [0.25, 0.3) is 0 Å². The van der Waals surface area contributed by atoms with Gasteiger partial charge in [-0.3, -0.25) is 4.55 Å². The molecule has 10 heavy (non-hydrogen) atoms. The third kappa shape index (κ3) is 23.7. The molecule has 0 aliphatic heterocycles. The maximum Gasteiger partial charge on any atom is 0.397 e. The quantitative estimate of drug-likeness (QED) is 0.551. The number of hydrogen-bond donors (Lipinski definition) is 1. The van der Waals surface area contributed by atoms with Gasteiger partial charge < -0.3 is 0 Å². The summed E-state index contributed by atoms with van der Waals surface area (Å²) in [5.41, 5.74) is 0. The normalized spacial score (nSPS) is 10.0. The molecule has 0 aromatic carbocycles. The molecule has 0 spiro atoms. The Kier molecular flexibility index (Phi) is 9.88. The first-order valence-corrected chi connectivity index (χ1v) is 4.65. The first kappa shape index (κ1) is 13.1. The van der Waals surface area contributed by atoms with Crippen LogP contribution in [-0.4, -0.2) is 24.9 Å². The van der Waals surface area contributed by atoms with E-state index in [4.69, 9.17) is 27.8 Å². The van der Waals surface area contributed by atoms with E-state index in [1.165, 1.54) is 6.92 Å². The minimum absolute atomic E-state index is 0.0289. The van der Waals surface area contributed by atoms with Crippen LogP contribution in [0.2, 0.25) is 0 Å². The highest BCUT2D eigenvalue weighted by molar-refractivity contribution is 7.80. The average molecular weight is 211 g/mol. The molecular weight excluding hydrogens is 203 g/mol. The Hall–Kier alpha value is 0.450. The number of rotatable bonds is 2. The minimum atomic E-state index is -4.17. The van der Waals surface area contributed by atoms with Crippen LogP contribution >= 0.6 is 23.2 Å². The molecule has 0 aliphatic rings. The van der Waals surface area contributed by atoms with Crippen molar-refractivity contribution in [3.05, 3.63) is 0 Å². The second-order valence-corrected chi connectivity index (χ2v) is 2.83. The number of alkyl halides is 2. The second-order valence-electron chi connectivity index (χ2n) is 0.935. The minimum Gasteiger partial charge on any atom is -0.264 e. The fourth-order valence-electron chi connectivity index (χ4n) is 0.149. The van der Waals surface area contributed by atoms with Crippen molar-refractivity contribution >= 4 is 33.6 Å². The van der Waals surface area contributed by atoms with E-state index in [0.29, 0.717) is 0 Å². The zero-order chi connectivity index (χ0) is 8.62. The Morgan fingerprint density at radius 2 is 1.80 bits per heavy atom. The average Bonchev–Trinajstić information content (AvgIpc) is 1.63. The predicted molar refractivity (Wildman–Crippen MR) is 39.7 cm³/mol. The van der Waals surface area contributed by atoms with Crippen LogP contribution in [0.25, 0.3) is 0 Å². The van der Waals surface area contributed by atoms with Crippen molar-refractivity contribution in [3.63, 3.8) is 0 Å². The van der Waals surface area contributed by atoms with Crippen LogP contribution in [0.5, 0.6) is 0 Å². The van der Waals surface area contributed by atoms with E-state index in [-0.39, 0.29) is 11.9 Å². The van der Waals surface area contributed by atoms with E-state index >= 15 is 0 Å². The van der Waals surface area contributed by atoms with Crippen molar-refractivity contribution in [2.24, 2.45) is 0 Å². The molecule has 0 atom stereocenters. The molecule has 64 valence electrons. The molecule has 0 saturated carbocycles. The monoisotopic (exact) mass is 210 g/mol. The lowest BCUT2D eigenvalue weighted by molar-refractivity contribution is 0.283. The van der Waals surface area contributed by atoms with E-state index in [9.17, 15) is 8.42 Å². The van der Waals surface area contributed by atoms with Crippen LogP contribution in [0.1, 0.15) is 6.92 Å². The molecular formula is C3H8Cl2O4S. The molecule has 0 amide bonds. The summed E-state index contributed by atoms with van der Waals surface area (Å²) in [6.07, 6.45) is 0. The third-order valence-corrected chi connectivity index (χ3v) is 0.800. The first-order valence-electron chi connectivity index (χ1n) is 2.21. The standard InChI is InChI=1S/C2H6O4S.CH2Cl2/c1-2-6-7(3,4)5;2-1-3/h2H2,1H3,(H,3,4,5);1H2. The molecule has 1 N–H and O–H groups in total. The molecule has 4 nitrogen and oxygen atoms in total. The third-order valence-electron chi connectivity index (χ3n) is 0.267. The van der Waals surface area contributed by atoms with Gasteiger partial charge in [0, 0.05) is 0 Å². The maximum atomic E-state index is 9.56. The first-order chi connectivity index (χ1) is 4.47. The highest BCUT2D eigenvalue weighted by Crippen LogP contribution is 1.81. The lowest BCUT2D eigenvalue weighted by atomic mass is 10.9. The molecule has 0 aliphatic carbocycles. The van der Waals surface area contributed by atoms with Gasteiger partial charge in [-0.05, 0) is 6.92 Å². The molecule has 0 unspecified atom stereocenters. The van der Waals surface area contributed by atoms with Gasteiger partial charge in [-0.2, -0.15) is 8.42 Å². The molecule has 0 aromatic heterocycles. The molecule has 0 heterocycles. The van der Waals surface area contributed by atoms with Crippen LogP contribution in [0.15, 0.2) is 0 Å². The molecule has 0 rings (SSSR count). The highest BCUT2D eigenvalue weighted by Gasteiger charge is 1.98. The van der Waals surface area contributed by atoms with Crippen LogP contribution in [0.4, 0.5) is 0 Å². The topological polar surface area (TPSA) is 63.6 Å². The van der Waals surface area contributed by atoms with Crippen LogP contribution in [0.3, 0.4) is 0 Å². The second kappa shape index (κ2) is 7.56. The molecule has 0 saturated heterocycles. The summed E-state index contributed by atoms with van der Waals surface area (Å²) < 4.78 is 30.7. The Labute approximate surface area is 70.0 Å². The van der Waals surface area contributed by atoms with E-state index in [1.54, 1.807) is 0 Å². The summed E-state index contributed by atoms with van der Waals surface area (Å²) in [7, 11) is -4.17. The molecule has 0 fully saturated rings. The van der Waals surface area contributed by atoms with Gasteiger partial charge >= 0.3 is 10.4 Å². The Bertz CT molecular complexity index is 143. The number of halogens is 2. The van der Waals surface area contributed by atoms with Gasteiger partial charge in [0.1, 0.15) is 0 Å². The van der Waals surface area contributed by atoms with E-state index in [0.717, 1.165) is 0 Å². The molecule has 0 radical (unpaired) electrons. The van der Waals surface area contributed by atoms with Gasteiger partial charge in [0.15, 0.2) is 0 Å². The predicted octanol–water partition coefficient (Wildman–Crippen LogP) is 1.25. The maximum absolute atomic E-state index is 9.56. The van der Waals surface area contributed by atoms with Gasteiger partial charge in [-0.15, -0.1) is 23.2 Å². The lowest BCUT2D eigenvalue weighted by Crippen LogP contribution is -2.01. The fraction of sp³-hybridized carbons (Fsp3) is 1.00. The Balaban J connectivity index is 0. The molecule has 7 heteroatoms. The largest absolute Gasteiger partial charge is 0.397 e. The smallest absolute Gasteiger partial charge is 0.264 e. The van der Waals surface area contributed by atoms with Crippen molar-refractivity contribution < 1.29 is 17.2 Å². The Morgan fingerprint density at radius 3 is 1.80 bits per heavy atom. The van der Waals surface area contributed by atoms with E-state index < -0.39 is 10.4 Å². The van der Waals surface area contributed by atoms with Crippen molar-refractivity contribution in [3.8, 4) is 0 Å². The number of hydrogen-bond acceptors (Lipinski definition) is 3. The van der Waals surface area contributed by atoms with Crippen LogP contribution in [0, 0.1) is 0 Å². The van der Waals surface area contributed by atoms with Gasteiger partial charge in [-0.25, -0.2) is 4.18 Å². The van der Waals surface area contributed by atoms with Gasteiger partial charge in [0.2, 0.25) is 0 Å². The van der Waals surface area contributed by atoms with Gasteiger partial charge in [0.05, 0.1) is 11.9 Å². The summed E-state index contributed by atoms with van der Waals surface area (Å²) in [6, 6.07) is 0. The highest BCUT2D eigenvalue weighted by atomic mass is 35.5. The van der Waals surface area contributed by atoms with E-state index in [1.807, 2.05) is 0 Å². The summed E-state index contributed by atoms with van der Waals surface area (Å²) >= 11 is 9.53. The van der Waals surface area contributed by atoms with Gasteiger partial charge in [-0.1, -0.05) is 0 Å². The van der Waals surface area contributed by atoms with Crippen LogP contribution in [-0.2, 0) is 14.6 Å². The van der Waals surface area contributed by atoms with E-state index in [2.05, 4.69) is 4.18 Å². The summed E-state index contributed by atoms with van der Waals surface area (Å²) in [5, 5.41) is 0.194. The van der Waals surface area contributed by atoms with Crippen molar-refractivity contribution in [2.75, 3.05) is 11.9 Å². The van der Waals surface area contributed by atoms with Crippen molar-refractivity contribution in [1.29, 1.82) is 0 Å². The van der Waals surface area contributed by atoms with Crippen molar-refractivity contribution in [1.82, 2.24) is 0 Å². The summed E-state index contributed by atoms with van der Waals surface area (Å²) in [6.45, 7) is 1.44. The fourth-order valence-corrected chi connectivity index (χ4v) is 0.447. The van der Waals surface area contributed by atoms with Crippen molar-refractivity contribution in [2.45, 2.75) is 6.92 Å². The SMILES string of the molecule is CCOS(=O)(=O)O.ClCCl. The molecule has 0 bridgehead atoms. The lowest BCUT2D eigenvalue weighted by Gasteiger charge is -1.88. The zero-order valence-corrected chi connectivity index (χ0v) is 7.58. The van der Waals surface area contributed by atoms with Crippen LogP contribution < -0.4 is 0 Å². The Morgan fingerprint density at radius 1 is 1.50 bits per heavy atom. The summed E-state index contributed by atoms with van der Waals surface area (Å²) in [5.74, 6) is 0. The molecule has 0 aromatic rings.